The second-order valence-corrected chi connectivity index (χ2v) is 9.13. The molecule has 2 aliphatic carbocycles. The van der Waals surface area contributed by atoms with Crippen molar-refractivity contribution in [3.8, 4) is 11.5 Å². The number of nitrogens with zero attached hydrogens (tertiary/aromatic N) is 5. The number of hydrogen-bond acceptors (Lipinski definition) is 3. The highest BCUT2D eigenvalue weighted by molar-refractivity contribution is 5.59. The molecule has 0 spiro atoms. The number of aryl methyl sites for hydroxylation is 1. The first-order valence-electron chi connectivity index (χ1n) is 11.3. The van der Waals surface area contributed by atoms with Crippen LogP contribution in [-0.2, 0) is 13.0 Å². The Morgan fingerprint density at radius 3 is 2.56 bits per heavy atom. The molecule has 5 heteroatoms. The van der Waals surface area contributed by atoms with Gasteiger partial charge in [0.1, 0.15) is 11.5 Å². The summed E-state index contributed by atoms with van der Waals surface area (Å²) in [7, 11) is 0. The molecule has 5 nitrogen and oxygen atoms in total. The molecule has 0 radical (unpaired) electrons. The molecule has 0 saturated heterocycles. The van der Waals surface area contributed by atoms with Crippen molar-refractivity contribution in [3.05, 3.63) is 17.6 Å². The van der Waals surface area contributed by atoms with Gasteiger partial charge >= 0.3 is 0 Å². The normalized spacial score (nSPS) is 28.7. The largest absolute Gasteiger partial charge is 0.309 e. The van der Waals surface area contributed by atoms with E-state index >= 15 is 0 Å². The zero-order valence-corrected chi connectivity index (χ0v) is 16.9. The molecular formula is C22H33N5. The minimum Gasteiger partial charge on any atom is -0.309 e. The first-order chi connectivity index (χ1) is 13.3. The Balaban J connectivity index is 1.61. The van der Waals surface area contributed by atoms with Gasteiger partial charge in [-0.2, -0.15) is 5.10 Å². The summed E-state index contributed by atoms with van der Waals surface area (Å²) >= 11 is 0. The predicted octanol–water partition coefficient (Wildman–Crippen LogP) is 5.13. The Morgan fingerprint density at radius 1 is 1.00 bits per heavy atom. The van der Waals surface area contributed by atoms with Crippen LogP contribution in [-0.4, -0.2) is 24.5 Å². The van der Waals surface area contributed by atoms with Crippen molar-refractivity contribution in [2.24, 2.45) is 11.8 Å². The summed E-state index contributed by atoms with van der Waals surface area (Å²) in [6.07, 6.45) is 15.3. The second kappa shape index (κ2) is 7.06. The number of hydrogen-bond donors (Lipinski definition) is 0. The Kier molecular flexibility index (Phi) is 4.57. The van der Waals surface area contributed by atoms with Crippen LogP contribution < -0.4 is 0 Å². The molecule has 2 fully saturated rings. The van der Waals surface area contributed by atoms with E-state index in [1.807, 2.05) is 0 Å². The van der Waals surface area contributed by atoms with E-state index in [-0.39, 0.29) is 0 Å². The van der Waals surface area contributed by atoms with E-state index in [4.69, 9.17) is 5.10 Å². The van der Waals surface area contributed by atoms with Gasteiger partial charge in [0.2, 0.25) is 0 Å². The van der Waals surface area contributed by atoms with E-state index in [0.29, 0.717) is 17.9 Å². The molecule has 5 rings (SSSR count). The van der Waals surface area contributed by atoms with Gasteiger partial charge < -0.3 is 4.57 Å². The summed E-state index contributed by atoms with van der Waals surface area (Å²) in [5, 5.41) is 14.2. The summed E-state index contributed by atoms with van der Waals surface area (Å²) in [6, 6.07) is 0.517. The third-order valence-electron chi connectivity index (χ3n) is 7.56. The van der Waals surface area contributed by atoms with Crippen LogP contribution in [0.15, 0.2) is 6.20 Å². The van der Waals surface area contributed by atoms with Gasteiger partial charge in [-0.15, -0.1) is 10.2 Å². The Bertz CT molecular complexity index is 798. The predicted molar refractivity (Wildman–Crippen MR) is 107 cm³/mol. The molecule has 0 N–H and O–H groups in total. The molecular weight excluding hydrogens is 334 g/mol. The van der Waals surface area contributed by atoms with E-state index < -0.39 is 0 Å². The van der Waals surface area contributed by atoms with Crippen molar-refractivity contribution in [1.29, 1.82) is 0 Å². The highest BCUT2D eigenvalue weighted by Crippen LogP contribution is 2.46. The summed E-state index contributed by atoms with van der Waals surface area (Å²) in [4.78, 5) is 0. The molecule has 3 atom stereocenters. The van der Waals surface area contributed by atoms with Gasteiger partial charge in [-0.05, 0) is 37.5 Å². The third-order valence-corrected chi connectivity index (χ3v) is 7.56. The van der Waals surface area contributed by atoms with E-state index in [1.54, 1.807) is 0 Å². The Hall–Kier alpha value is -1.65. The van der Waals surface area contributed by atoms with Gasteiger partial charge in [0, 0.05) is 24.4 Å². The monoisotopic (exact) mass is 367 g/mol. The first kappa shape index (κ1) is 17.4. The van der Waals surface area contributed by atoms with Crippen LogP contribution in [0.4, 0.5) is 0 Å². The lowest BCUT2D eigenvalue weighted by atomic mass is 9.75. The first-order valence-corrected chi connectivity index (χ1v) is 11.3. The maximum absolute atomic E-state index is 4.99. The van der Waals surface area contributed by atoms with Crippen molar-refractivity contribution in [1.82, 2.24) is 24.5 Å². The van der Waals surface area contributed by atoms with Gasteiger partial charge in [-0.25, -0.2) is 0 Å². The number of fused-ring (bicyclic) bond motifs is 3. The van der Waals surface area contributed by atoms with Crippen molar-refractivity contribution >= 4 is 0 Å². The zero-order chi connectivity index (χ0) is 18.4. The Labute approximate surface area is 162 Å². The molecule has 0 bridgehead atoms. The minimum absolute atomic E-state index is 0.517. The highest BCUT2D eigenvalue weighted by atomic mass is 15.4. The standard InChI is InChI=1S/C22H33N5/c1-3-20-24-25-22-21-17(13-23-27(21)19-12-8-7-9-15(19)2)18(14-26(20)22)16-10-5-4-6-11-16/h13,15-16,18-19H,3-12,14H2,1-2H3. The fourth-order valence-corrected chi connectivity index (χ4v) is 5.99. The van der Waals surface area contributed by atoms with Gasteiger partial charge in [0.25, 0.3) is 0 Å². The average Bonchev–Trinajstić information content (AvgIpc) is 3.32. The van der Waals surface area contributed by atoms with E-state index in [0.717, 1.165) is 30.5 Å². The molecule has 27 heavy (non-hydrogen) atoms. The van der Waals surface area contributed by atoms with Crippen LogP contribution in [0.1, 0.15) is 95.0 Å². The van der Waals surface area contributed by atoms with Crippen LogP contribution in [0, 0.1) is 11.8 Å². The molecule has 2 aromatic rings. The van der Waals surface area contributed by atoms with Crippen LogP contribution in [0.5, 0.6) is 0 Å². The third kappa shape index (κ3) is 2.85. The molecule has 3 aliphatic rings. The number of aromatic nitrogens is 5. The average molecular weight is 368 g/mol. The summed E-state index contributed by atoms with van der Waals surface area (Å²) < 4.78 is 4.78. The molecule has 0 aromatic carbocycles. The van der Waals surface area contributed by atoms with E-state index in [2.05, 4.69) is 39.5 Å². The van der Waals surface area contributed by atoms with Crippen molar-refractivity contribution < 1.29 is 0 Å². The molecule has 2 aromatic heterocycles. The molecule has 0 amide bonds. The summed E-state index contributed by atoms with van der Waals surface area (Å²) in [5.41, 5.74) is 2.75. The minimum atomic E-state index is 0.517. The fraction of sp³-hybridized carbons (Fsp3) is 0.773. The molecule has 3 heterocycles. The van der Waals surface area contributed by atoms with Crippen LogP contribution in [0.2, 0.25) is 0 Å². The lowest BCUT2D eigenvalue weighted by Crippen LogP contribution is -2.28. The topological polar surface area (TPSA) is 48.5 Å². The van der Waals surface area contributed by atoms with Crippen molar-refractivity contribution in [2.75, 3.05) is 0 Å². The van der Waals surface area contributed by atoms with Crippen LogP contribution >= 0.6 is 0 Å². The zero-order valence-electron chi connectivity index (χ0n) is 16.9. The lowest BCUT2D eigenvalue weighted by Gasteiger charge is -2.35. The van der Waals surface area contributed by atoms with E-state index in [1.165, 1.54) is 69.0 Å². The van der Waals surface area contributed by atoms with Gasteiger partial charge in [0.15, 0.2) is 5.82 Å². The molecule has 2 saturated carbocycles. The highest BCUT2D eigenvalue weighted by Gasteiger charge is 2.38. The summed E-state index contributed by atoms with van der Waals surface area (Å²) in [5.74, 6) is 4.28. The van der Waals surface area contributed by atoms with Crippen molar-refractivity contribution in [2.45, 2.75) is 96.6 Å². The van der Waals surface area contributed by atoms with E-state index in [9.17, 15) is 0 Å². The quantitative estimate of drug-likeness (QED) is 0.755. The van der Waals surface area contributed by atoms with Crippen LogP contribution in [0.3, 0.4) is 0 Å². The maximum atomic E-state index is 4.99. The smallest absolute Gasteiger partial charge is 0.182 e. The maximum Gasteiger partial charge on any atom is 0.182 e. The Morgan fingerprint density at radius 2 is 1.78 bits per heavy atom. The van der Waals surface area contributed by atoms with Gasteiger partial charge in [-0.1, -0.05) is 46.0 Å². The molecule has 1 aliphatic heterocycles. The SMILES string of the molecule is CCc1nnc2n1CC(C1CCCCC1)c1cnn(C3CCCCC3C)c1-2. The number of rotatable bonds is 3. The second-order valence-electron chi connectivity index (χ2n) is 9.13. The van der Waals surface area contributed by atoms with Gasteiger partial charge in [-0.3, -0.25) is 4.68 Å². The van der Waals surface area contributed by atoms with Crippen LogP contribution in [0.25, 0.3) is 11.5 Å². The lowest BCUT2D eigenvalue weighted by molar-refractivity contribution is 0.240. The van der Waals surface area contributed by atoms with Crippen molar-refractivity contribution in [3.63, 3.8) is 0 Å². The van der Waals surface area contributed by atoms with Gasteiger partial charge in [0.05, 0.1) is 12.2 Å². The molecule has 146 valence electrons. The fourth-order valence-electron chi connectivity index (χ4n) is 5.99. The molecule has 3 unspecified atom stereocenters. The summed E-state index contributed by atoms with van der Waals surface area (Å²) in [6.45, 7) is 5.65.